The molecule has 1 aromatic heterocycles. The standard InChI is InChI=1S/C14H17NS2/c1-3-11-5-6-12(17-11)9-16-14-7-4-10(2)8-13(14)15/h4-8H,3,9,15H2,1-2H3. The molecule has 0 atom stereocenters. The number of thioether (sulfide) groups is 1. The van der Waals surface area contributed by atoms with Gasteiger partial charge < -0.3 is 5.73 Å². The predicted molar refractivity (Wildman–Crippen MR) is 78.8 cm³/mol. The lowest BCUT2D eigenvalue weighted by Crippen LogP contribution is -1.89. The fourth-order valence-corrected chi connectivity index (χ4v) is 3.59. The van der Waals surface area contributed by atoms with Crippen LogP contribution >= 0.6 is 23.1 Å². The average molecular weight is 263 g/mol. The van der Waals surface area contributed by atoms with Crippen molar-refractivity contribution in [2.75, 3.05) is 5.73 Å². The van der Waals surface area contributed by atoms with Crippen molar-refractivity contribution >= 4 is 28.8 Å². The van der Waals surface area contributed by atoms with E-state index in [1.807, 2.05) is 29.2 Å². The molecule has 0 spiro atoms. The molecule has 1 nitrogen and oxygen atoms in total. The Hall–Kier alpha value is -0.930. The van der Waals surface area contributed by atoms with Crippen LogP contribution in [0.25, 0.3) is 0 Å². The van der Waals surface area contributed by atoms with Gasteiger partial charge in [-0.1, -0.05) is 13.0 Å². The number of nitrogen functional groups attached to an aromatic ring is 1. The maximum Gasteiger partial charge on any atom is 0.0454 e. The van der Waals surface area contributed by atoms with Crippen molar-refractivity contribution in [3.63, 3.8) is 0 Å². The second-order valence-corrected chi connectivity index (χ2v) is 6.32. The van der Waals surface area contributed by atoms with Gasteiger partial charge in [0.05, 0.1) is 0 Å². The van der Waals surface area contributed by atoms with Crippen LogP contribution < -0.4 is 5.73 Å². The molecule has 2 N–H and O–H groups in total. The van der Waals surface area contributed by atoms with Crippen molar-refractivity contribution in [2.24, 2.45) is 0 Å². The molecule has 0 aliphatic carbocycles. The van der Waals surface area contributed by atoms with E-state index in [0.717, 1.165) is 17.9 Å². The summed E-state index contributed by atoms with van der Waals surface area (Å²) in [6, 6.07) is 10.7. The number of hydrogen-bond acceptors (Lipinski definition) is 3. The second-order valence-electron chi connectivity index (χ2n) is 4.05. The largest absolute Gasteiger partial charge is 0.398 e. The molecule has 2 aromatic rings. The molecule has 17 heavy (non-hydrogen) atoms. The van der Waals surface area contributed by atoms with Crippen molar-refractivity contribution in [1.82, 2.24) is 0 Å². The molecule has 1 aromatic carbocycles. The summed E-state index contributed by atoms with van der Waals surface area (Å²) in [7, 11) is 0. The van der Waals surface area contributed by atoms with Crippen LogP contribution in [0.4, 0.5) is 5.69 Å². The molecule has 0 aliphatic heterocycles. The number of nitrogens with two attached hydrogens (primary N) is 1. The Balaban J connectivity index is 2.02. The summed E-state index contributed by atoms with van der Waals surface area (Å²) < 4.78 is 0. The molecule has 0 amide bonds. The third kappa shape index (κ3) is 3.27. The van der Waals surface area contributed by atoms with Gasteiger partial charge in [-0.05, 0) is 43.2 Å². The van der Waals surface area contributed by atoms with Gasteiger partial charge in [-0.25, -0.2) is 0 Å². The minimum Gasteiger partial charge on any atom is -0.398 e. The van der Waals surface area contributed by atoms with E-state index in [-0.39, 0.29) is 0 Å². The minimum absolute atomic E-state index is 0.891. The van der Waals surface area contributed by atoms with Gasteiger partial charge in [0.15, 0.2) is 0 Å². The van der Waals surface area contributed by atoms with E-state index in [4.69, 9.17) is 5.73 Å². The molecule has 0 bridgehead atoms. The molecule has 0 aliphatic rings. The van der Waals surface area contributed by atoms with E-state index >= 15 is 0 Å². The van der Waals surface area contributed by atoms with Gasteiger partial charge in [0.2, 0.25) is 0 Å². The summed E-state index contributed by atoms with van der Waals surface area (Å²) in [6.45, 7) is 4.26. The summed E-state index contributed by atoms with van der Waals surface area (Å²) >= 11 is 3.72. The number of rotatable bonds is 4. The van der Waals surface area contributed by atoms with Gasteiger partial charge >= 0.3 is 0 Å². The summed E-state index contributed by atoms with van der Waals surface area (Å²) in [5.41, 5.74) is 8.11. The summed E-state index contributed by atoms with van der Waals surface area (Å²) in [4.78, 5) is 4.06. The Morgan fingerprint density at radius 3 is 2.59 bits per heavy atom. The minimum atomic E-state index is 0.891. The zero-order valence-corrected chi connectivity index (χ0v) is 11.8. The monoisotopic (exact) mass is 263 g/mol. The average Bonchev–Trinajstić information content (AvgIpc) is 2.76. The van der Waals surface area contributed by atoms with Crippen molar-refractivity contribution < 1.29 is 0 Å². The van der Waals surface area contributed by atoms with Gasteiger partial charge in [0.25, 0.3) is 0 Å². The number of benzene rings is 1. The molecule has 1 heterocycles. The van der Waals surface area contributed by atoms with E-state index in [0.29, 0.717) is 0 Å². The first-order chi connectivity index (χ1) is 8.19. The van der Waals surface area contributed by atoms with Crippen LogP contribution in [0.5, 0.6) is 0 Å². The summed E-state index contributed by atoms with van der Waals surface area (Å²) in [6.07, 6.45) is 1.13. The van der Waals surface area contributed by atoms with Crippen LogP contribution in [0.3, 0.4) is 0 Å². The lowest BCUT2D eigenvalue weighted by molar-refractivity contribution is 1.19. The number of thiophene rings is 1. The SMILES string of the molecule is CCc1ccc(CSc2ccc(C)cc2N)s1. The van der Waals surface area contributed by atoms with Crippen LogP contribution in [-0.4, -0.2) is 0 Å². The topological polar surface area (TPSA) is 26.0 Å². The molecular formula is C14H17NS2. The van der Waals surface area contributed by atoms with Crippen molar-refractivity contribution in [2.45, 2.75) is 30.9 Å². The Morgan fingerprint density at radius 1 is 1.18 bits per heavy atom. The second kappa shape index (κ2) is 5.61. The molecule has 0 radical (unpaired) electrons. The van der Waals surface area contributed by atoms with Crippen LogP contribution in [0.2, 0.25) is 0 Å². The third-order valence-corrected chi connectivity index (χ3v) is 5.15. The lowest BCUT2D eigenvalue weighted by atomic mass is 10.2. The normalized spacial score (nSPS) is 10.7. The highest BCUT2D eigenvalue weighted by molar-refractivity contribution is 7.98. The van der Waals surface area contributed by atoms with Gasteiger partial charge in [-0.2, -0.15) is 0 Å². The van der Waals surface area contributed by atoms with Gasteiger partial charge in [0, 0.05) is 26.1 Å². The molecule has 0 saturated carbocycles. The Bertz CT molecular complexity index is 503. The highest BCUT2D eigenvalue weighted by Gasteiger charge is 2.03. The van der Waals surface area contributed by atoms with E-state index in [1.165, 1.54) is 20.2 Å². The van der Waals surface area contributed by atoms with Gasteiger partial charge in [0.1, 0.15) is 0 Å². The molecule has 90 valence electrons. The van der Waals surface area contributed by atoms with E-state index in [2.05, 4.69) is 38.1 Å². The highest BCUT2D eigenvalue weighted by atomic mass is 32.2. The molecule has 0 fully saturated rings. The first-order valence-electron chi connectivity index (χ1n) is 5.75. The fourth-order valence-electron chi connectivity index (χ4n) is 1.64. The van der Waals surface area contributed by atoms with Gasteiger partial charge in [-0.15, -0.1) is 23.1 Å². The predicted octanol–water partition coefficient (Wildman–Crippen LogP) is 4.49. The van der Waals surface area contributed by atoms with Crippen molar-refractivity contribution in [3.8, 4) is 0 Å². The Morgan fingerprint density at radius 2 is 1.94 bits per heavy atom. The molecule has 0 unspecified atom stereocenters. The number of aryl methyl sites for hydroxylation is 2. The van der Waals surface area contributed by atoms with Crippen LogP contribution in [0.15, 0.2) is 35.2 Å². The first kappa shape index (κ1) is 12.5. The highest BCUT2D eigenvalue weighted by Crippen LogP contribution is 2.31. The lowest BCUT2D eigenvalue weighted by Gasteiger charge is -2.05. The van der Waals surface area contributed by atoms with Crippen LogP contribution in [0, 0.1) is 6.92 Å². The summed E-state index contributed by atoms with van der Waals surface area (Å²) in [5.74, 6) is 1.01. The Labute approximate surface area is 111 Å². The zero-order valence-electron chi connectivity index (χ0n) is 10.2. The van der Waals surface area contributed by atoms with Crippen molar-refractivity contribution in [3.05, 3.63) is 45.6 Å². The number of hydrogen-bond donors (Lipinski definition) is 1. The van der Waals surface area contributed by atoms with Gasteiger partial charge in [-0.3, -0.25) is 0 Å². The smallest absolute Gasteiger partial charge is 0.0454 e. The summed E-state index contributed by atoms with van der Waals surface area (Å²) in [5, 5.41) is 0. The van der Waals surface area contributed by atoms with Crippen molar-refractivity contribution in [1.29, 1.82) is 0 Å². The maximum absolute atomic E-state index is 6.00. The fraction of sp³-hybridized carbons (Fsp3) is 0.286. The van der Waals surface area contributed by atoms with Crippen LogP contribution in [0.1, 0.15) is 22.2 Å². The molecule has 3 heteroatoms. The third-order valence-electron chi connectivity index (χ3n) is 2.60. The molecule has 2 rings (SSSR count). The van der Waals surface area contributed by atoms with E-state index in [9.17, 15) is 0 Å². The molecular weight excluding hydrogens is 246 g/mol. The van der Waals surface area contributed by atoms with E-state index in [1.54, 1.807) is 0 Å². The maximum atomic E-state index is 6.00. The van der Waals surface area contributed by atoms with Crippen LogP contribution in [-0.2, 0) is 12.2 Å². The quantitative estimate of drug-likeness (QED) is 0.649. The molecule has 0 saturated heterocycles. The number of anilines is 1. The first-order valence-corrected chi connectivity index (χ1v) is 7.55. The zero-order chi connectivity index (χ0) is 12.3. The Kier molecular flexibility index (Phi) is 4.13. The van der Waals surface area contributed by atoms with E-state index < -0.39 is 0 Å².